The van der Waals surface area contributed by atoms with E-state index in [2.05, 4.69) is 21.1 Å². The van der Waals surface area contributed by atoms with Crippen molar-refractivity contribution in [3.8, 4) is 0 Å². The fourth-order valence-corrected chi connectivity index (χ4v) is 3.55. The minimum absolute atomic E-state index is 0.130. The van der Waals surface area contributed by atoms with Gasteiger partial charge in [-0.1, -0.05) is 84.2 Å². The molecule has 0 fully saturated rings. The van der Waals surface area contributed by atoms with Crippen molar-refractivity contribution in [1.82, 2.24) is 10.9 Å². The second kappa shape index (κ2) is 15.7. The highest BCUT2D eigenvalue weighted by atomic mass is 35.5. The zero-order valence-corrected chi connectivity index (χ0v) is 21.5. The summed E-state index contributed by atoms with van der Waals surface area (Å²) in [7, 11) is 0. The molecule has 2 amide bonds. The van der Waals surface area contributed by atoms with E-state index in [0.29, 0.717) is 32.9 Å². The summed E-state index contributed by atoms with van der Waals surface area (Å²) in [4.78, 5) is 23.7. The highest BCUT2D eigenvalue weighted by molar-refractivity contribution is 6.42. The molecule has 0 radical (unpaired) electrons. The predicted octanol–water partition coefficient (Wildman–Crippen LogP) is 7.02. The molecule has 0 atom stereocenters. The van der Waals surface area contributed by atoms with E-state index in [1.165, 1.54) is 12.4 Å². The van der Waals surface area contributed by atoms with Crippen LogP contribution in [0.15, 0.2) is 46.6 Å². The molecule has 0 spiro atoms. The van der Waals surface area contributed by atoms with Gasteiger partial charge < -0.3 is 0 Å². The van der Waals surface area contributed by atoms with Crippen LogP contribution in [0.2, 0.25) is 20.1 Å². The van der Waals surface area contributed by atoms with Gasteiger partial charge in [0.2, 0.25) is 11.8 Å². The number of carbonyl (C=O) groups excluding carboxylic acids is 2. The van der Waals surface area contributed by atoms with Crippen LogP contribution in [0.4, 0.5) is 0 Å². The SMILES string of the molecule is O=C(CCCCCCCCC(=O)N/N=C\c1ccc(Cl)c(Cl)c1)N/N=C\c1ccc(Cl)c(Cl)c1. The van der Waals surface area contributed by atoms with Gasteiger partial charge in [-0.2, -0.15) is 10.2 Å². The van der Waals surface area contributed by atoms with Gasteiger partial charge in [0, 0.05) is 12.8 Å². The Morgan fingerprint density at radius 1 is 0.618 bits per heavy atom. The maximum absolute atomic E-state index is 11.8. The van der Waals surface area contributed by atoms with E-state index < -0.39 is 0 Å². The molecule has 0 aliphatic rings. The third-order valence-corrected chi connectivity index (χ3v) is 6.23. The molecule has 2 rings (SSSR count). The van der Waals surface area contributed by atoms with Gasteiger partial charge in [-0.25, -0.2) is 10.9 Å². The molecule has 0 saturated carbocycles. The topological polar surface area (TPSA) is 82.9 Å². The quantitative estimate of drug-likeness (QED) is 0.161. The highest BCUT2D eigenvalue weighted by Crippen LogP contribution is 2.22. The van der Waals surface area contributed by atoms with Crippen molar-refractivity contribution in [3.05, 3.63) is 67.6 Å². The minimum Gasteiger partial charge on any atom is -0.273 e. The number of amides is 2. The maximum Gasteiger partial charge on any atom is 0.240 e. The summed E-state index contributed by atoms with van der Waals surface area (Å²) in [6.07, 6.45) is 9.37. The molecule has 0 heterocycles. The molecular weight excluding hydrogens is 518 g/mol. The monoisotopic (exact) mass is 542 g/mol. The standard InChI is InChI=1S/C24H26Cl4N4O2/c25-19-11-9-17(13-21(19)27)15-29-31-23(33)7-5-3-1-2-4-6-8-24(34)32-30-16-18-10-12-20(26)22(28)14-18/h9-16H,1-8H2,(H,31,33)(H,32,34)/b29-15-,30-16-. The van der Waals surface area contributed by atoms with Gasteiger partial charge in [0.1, 0.15) is 0 Å². The van der Waals surface area contributed by atoms with E-state index in [1.807, 2.05) is 0 Å². The van der Waals surface area contributed by atoms with Crippen LogP contribution in [0.1, 0.15) is 62.5 Å². The van der Waals surface area contributed by atoms with Crippen LogP contribution in [-0.4, -0.2) is 24.2 Å². The van der Waals surface area contributed by atoms with Crippen LogP contribution in [0.3, 0.4) is 0 Å². The van der Waals surface area contributed by atoms with Crippen LogP contribution in [0.25, 0.3) is 0 Å². The first-order valence-electron chi connectivity index (χ1n) is 10.9. The Hall–Kier alpha value is -2.12. The zero-order valence-electron chi connectivity index (χ0n) is 18.5. The molecule has 0 aliphatic carbocycles. The average molecular weight is 544 g/mol. The lowest BCUT2D eigenvalue weighted by atomic mass is 10.1. The summed E-state index contributed by atoms with van der Waals surface area (Å²) in [5, 5.41) is 9.67. The average Bonchev–Trinajstić information content (AvgIpc) is 2.80. The fraction of sp³-hybridized carbons (Fsp3) is 0.333. The van der Waals surface area contributed by atoms with Gasteiger partial charge in [-0.05, 0) is 48.2 Å². The summed E-state index contributed by atoms with van der Waals surface area (Å²) in [5.74, 6) is -0.260. The van der Waals surface area contributed by atoms with Crippen molar-refractivity contribution < 1.29 is 9.59 Å². The van der Waals surface area contributed by atoms with Crippen LogP contribution in [-0.2, 0) is 9.59 Å². The van der Waals surface area contributed by atoms with Crippen molar-refractivity contribution in [2.45, 2.75) is 51.4 Å². The lowest BCUT2D eigenvalue weighted by Crippen LogP contribution is -2.17. The van der Waals surface area contributed by atoms with Gasteiger partial charge in [0.15, 0.2) is 0 Å². The Morgan fingerprint density at radius 3 is 1.38 bits per heavy atom. The molecule has 0 aliphatic heterocycles. The number of carbonyl (C=O) groups is 2. The molecule has 10 heteroatoms. The number of nitrogens with zero attached hydrogens (tertiary/aromatic N) is 2. The van der Waals surface area contributed by atoms with E-state index in [-0.39, 0.29) is 11.8 Å². The number of unbranched alkanes of at least 4 members (excludes halogenated alkanes) is 5. The first kappa shape index (κ1) is 28.1. The van der Waals surface area contributed by atoms with Crippen LogP contribution >= 0.6 is 46.4 Å². The molecule has 2 aromatic rings. The number of benzene rings is 2. The number of nitrogens with one attached hydrogen (secondary N) is 2. The molecule has 0 aromatic heterocycles. The van der Waals surface area contributed by atoms with Crippen LogP contribution < -0.4 is 10.9 Å². The Balaban J connectivity index is 1.47. The van der Waals surface area contributed by atoms with Gasteiger partial charge in [0.05, 0.1) is 32.5 Å². The third-order valence-electron chi connectivity index (χ3n) is 4.75. The van der Waals surface area contributed by atoms with E-state index >= 15 is 0 Å². The van der Waals surface area contributed by atoms with Crippen molar-refractivity contribution in [2.75, 3.05) is 0 Å². The Kier molecular flexibility index (Phi) is 13.0. The van der Waals surface area contributed by atoms with Gasteiger partial charge >= 0.3 is 0 Å². The summed E-state index contributed by atoms with van der Waals surface area (Å²) in [5.41, 5.74) is 6.52. The molecule has 2 N–H and O–H groups in total. The first-order chi connectivity index (χ1) is 16.3. The van der Waals surface area contributed by atoms with Gasteiger partial charge in [-0.15, -0.1) is 0 Å². The van der Waals surface area contributed by atoms with E-state index in [1.54, 1.807) is 36.4 Å². The van der Waals surface area contributed by atoms with Crippen molar-refractivity contribution in [3.63, 3.8) is 0 Å². The molecule has 0 bridgehead atoms. The van der Waals surface area contributed by atoms with E-state index in [9.17, 15) is 9.59 Å². The van der Waals surface area contributed by atoms with Crippen molar-refractivity contribution in [1.29, 1.82) is 0 Å². The number of hydrogen-bond donors (Lipinski definition) is 2. The smallest absolute Gasteiger partial charge is 0.240 e. The summed E-state index contributed by atoms with van der Waals surface area (Å²) in [6, 6.07) is 10.2. The van der Waals surface area contributed by atoms with Crippen LogP contribution in [0.5, 0.6) is 0 Å². The molecule has 6 nitrogen and oxygen atoms in total. The number of hydrogen-bond acceptors (Lipinski definition) is 4. The second-order valence-electron chi connectivity index (χ2n) is 7.55. The lowest BCUT2D eigenvalue weighted by molar-refractivity contribution is -0.122. The summed E-state index contributed by atoms with van der Waals surface area (Å²) in [6.45, 7) is 0. The van der Waals surface area contributed by atoms with Crippen molar-refractivity contribution in [2.24, 2.45) is 10.2 Å². The molecule has 2 aromatic carbocycles. The maximum atomic E-state index is 11.8. The number of hydrazone groups is 2. The molecule has 182 valence electrons. The second-order valence-corrected chi connectivity index (χ2v) is 9.18. The van der Waals surface area contributed by atoms with Crippen molar-refractivity contribution >= 4 is 70.6 Å². The largest absolute Gasteiger partial charge is 0.273 e. The van der Waals surface area contributed by atoms with Gasteiger partial charge in [0.25, 0.3) is 0 Å². The minimum atomic E-state index is -0.130. The van der Waals surface area contributed by atoms with Gasteiger partial charge in [-0.3, -0.25) is 9.59 Å². The summed E-state index contributed by atoms with van der Waals surface area (Å²) < 4.78 is 0. The Labute approximate surface area is 219 Å². The Morgan fingerprint density at radius 2 is 1.00 bits per heavy atom. The fourth-order valence-electron chi connectivity index (χ4n) is 2.93. The summed E-state index contributed by atoms with van der Waals surface area (Å²) >= 11 is 23.6. The lowest BCUT2D eigenvalue weighted by Gasteiger charge is -2.03. The molecule has 0 unspecified atom stereocenters. The Bertz CT molecular complexity index is 947. The first-order valence-corrected chi connectivity index (χ1v) is 12.4. The normalized spacial score (nSPS) is 11.3. The zero-order chi connectivity index (χ0) is 24.8. The number of rotatable bonds is 13. The highest BCUT2D eigenvalue weighted by Gasteiger charge is 2.02. The van der Waals surface area contributed by atoms with E-state index in [0.717, 1.165) is 49.7 Å². The predicted molar refractivity (Wildman–Crippen MR) is 141 cm³/mol. The number of halogens is 4. The molecular formula is C24H26Cl4N4O2. The third kappa shape index (κ3) is 11.3. The van der Waals surface area contributed by atoms with E-state index in [4.69, 9.17) is 46.4 Å². The molecule has 0 saturated heterocycles. The molecule has 34 heavy (non-hydrogen) atoms. The van der Waals surface area contributed by atoms with Crippen LogP contribution in [0, 0.1) is 0 Å².